The van der Waals surface area contributed by atoms with Crippen LogP contribution in [0.2, 0.25) is 0 Å². The van der Waals surface area contributed by atoms with Gasteiger partial charge in [-0.15, -0.1) is 0 Å². The molecule has 2 N–H and O–H groups in total. The van der Waals surface area contributed by atoms with Crippen LogP contribution in [0.5, 0.6) is 0 Å². The van der Waals surface area contributed by atoms with Gasteiger partial charge in [0.25, 0.3) is 0 Å². The standard InChI is InChI=1S/C12H16N4/c13-6-10-3-4-12(15-8-10)16-9-11-2-1-5-14-7-11/h3-4,8,11,14H,1-2,5,7,9H2,(H,15,16). The van der Waals surface area contributed by atoms with E-state index in [-0.39, 0.29) is 0 Å². The minimum atomic E-state index is 0.602. The third-order valence-corrected chi connectivity index (χ3v) is 2.86. The van der Waals surface area contributed by atoms with Gasteiger partial charge in [0.15, 0.2) is 0 Å². The summed E-state index contributed by atoms with van der Waals surface area (Å²) in [4.78, 5) is 4.18. The molecule has 0 aromatic carbocycles. The minimum Gasteiger partial charge on any atom is -0.370 e. The second-order valence-corrected chi connectivity index (χ2v) is 4.14. The number of pyridine rings is 1. The average molecular weight is 216 g/mol. The van der Waals surface area contributed by atoms with Crippen LogP contribution in [0.4, 0.5) is 5.82 Å². The quantitative estimate of drug-likeness (QED) is 0.801. The summed E-state index contributed by atoms with van der Waals surface area (Å²) in [6.45, 7) is 3.18. The number of hydrogen-bond donors (Lipinski definition) is 2. The highest BCUT2D eigenvalue weighted by atomic mass is 15.0. The molecule has 0 amide bonds. The molecule has 84 valence electrons. The van der Waals surface area contributed by atoms with E-state index in [1.54, 1.807) is 12.3 Å². The van der Waals surface area contributed by atoms with E-state index in [0.717, 1.165) is 25.5 Å². The Morgan fingerprint density at radius 3 is 3.12 bits per heavy atom. The Morgan fingerprint density at radius 2 is 2.50 bits per heavy atom. The van der Waals surface area contributed by atoms with Crippen LogP contribution in [0, 0.1) is 17.2 Å². The molecule has 1 aliphatic heterocycles. The fourth-order valence-corrected chi connectivity index (χ4v) is 1.91. The van der Waals surface area contributed by atoms with Gasteiger partial charge in [0.2, 0.25) is 0 Å². The average Bonchev–Trinajstić information content (AvgIpc) is 2.38. The number of nitrogens with one attached hydrogen (secondary N) is 2. The summed E-state index contributed by atoms with van der Waals surface area (Å²) in [7, 11) is 0. The van der Waals surface area contributed by atoms with Crippen LogP contribution in [0.3, 0.4) is 0 Å². The highest BCUT2D eigenvalue weighted by Gasteiger charge is 2.12. The summed E-state index contributed by atoms with van der Waals surface area (Å²) in [5.41, 5.74) is 0.602. The Balaban J connectivity index is 1.82. The van der Waals surface area contributed by atoms with E-state index in [4.69, 9.17) is 5.26 Å². The molecule has 4 heteroatoms. The SMILES string of the molecule is N#Cc1ccc(NCC2CCCNC2)nc1. The van der Waals surface area contributed by atoms with Crippen molar-refractivity contribution >= 4 is 5.82 Å². The van der Waals surface area contributed by atoms with Crippen molar-refractivity contribution in [3.63, 3.8) is 0 Å². The lowest BCUT2D eigenvalue weighted by Crippen LogP contribution is -2.33. The van der Waals surface area contributed by atoms with Gasteiger partial charge in [0.05, 0.1) is 5.56 Å². The van der Waals surface area contributed by atoms with E-state index >= 15 is 0 Å². The largest absolute Gasteiger partial charge is 0.370 e. The zero-order valence-electron chi connectivity index (χ0n) is 9.24. The summed E-state index contributed by atoms with van der Waals surface area (Å²) in [5.74, 6) is 1.54. The second-order valence-electron chi connectivity index (χ2n) is 4.14. The third kappa shape index (κ3) is 2.94. The fraction of sp³-hybridized carbons (Fsp3) is 0.500. The predicted molar refractivity (Wildman–Crippen MR) is 63.0 cm³/mol. The molecule has 1 fully saturated rings. The van der Waals surface area contributed by atoms with Gasteiger partial charge < -0.3 is 10.6 Å². The lowest BCUT2D eigenvalue weighted by molar-refractivity contribution is 0.392. The van der Waals surface area contributed by atoms with E-state index < -0.39 is 0 Å². The number of rotatable bonds is 3. The summed E-state index contributed by atoms with van der Waals surface area (Å²) >= 11 is 0. The van der Waals surface area contributed by atoms with Crippen molar-refractivity contribution in [3.8, 4) is 6.07 Å². The molecule has 1 aromatic heterocycles. The first-order valence-corrected chi connectivity index (χ1v) is 5.69. The fourth-order valence-electron chi connectivity index (χ4n) is 1.91. The van der Waals surface area contributed by atoms with Crippen LogP contribution >= 0.6 is 0 Å². The van der Waals surface area contributed by atoms with E-state index in [1.165, 1.54) is 12.8 Å². The van der Waals surface area contributed by atoms with Crippen molar-refractivity contribution in [2.24, 2.45) is 5.92 Å². The summed E-state index contributed by atoms with van der Waals surface area (Å²) < 4.78 is 0. The molecule has 1 unspecified atom stereocenters. The van der Waals surface area contributed by atoms with Gasteiger partial charge in [0, 0.05) is 12.7 Å². The van der Waals surface area contributed by atoms with Gasteiger partial charge in [0.1, 0.15) is 11.9 Å². The number of piperidine rings is 1. The molecule has 1 saturated heterocycles. The molecule has 0 aliphatic carbocycles. The molecule has 0 spiro atoms. The Morgan fingerprint density at radius 1 is 1.56 bits per heavy atom. The Hall–Kier alpha value is -1.60. The van der Waals surface area contributed by atoms with Crippen LogP contribution < -0.4 is 10.6 Å². The molecule has 0 bridgehead atoms. The Labute approximate surface area is 95.7 Å². The lowest BCUT2D eigenvalue weighted by Gasteiger charge is -2.23. The number of anilines is 1. The zero-order valence-corrected chi connectivity index (χ0v) is 9.24. The molecule has 2 heterocycles. The van der Waals surface area contributed by atoms with E-state index in [2.05, 4.69) is 21.7 Å². The molecule has 2 rings (SSSR count). The maximum Gasteiger partial charge on any atom is 0.125 e. The van der Waals surface area contributed by atoms with Gasteiger partial charge in [-0.3, -0.25) is 0 Å². The molecular formula is C12H16N4. The Bertz CT molecular complexity index is 360. The van der Waals surface area contributed by atoms with Crippen LogP contribution in [-0.4, -0.2) is 24.6 Å². The second kappa shape index (κ2) is 5.47. The van der Waals surface area contributed by atoms with E-state index in [0.29, 0.717) is 11.5 Å². The first kappa shape index (κ1) is 10.9. The zero-order chi connectivity index (χ0) is 11.2. The molecule has 16 heavy (non-hydrogen) atoms. The Kier molecular flexibility index (Phi) is 3.73. The van der Waals surface area contributed by atoms with Crippen LogP contribution in [0.25, 0.3) is 0 Å². The normalized spacial score (nSPS) is 20.1. The van der Waals surface area contributed by atoms with Crippen LogP contribution in [0.15, 0.2) is 18.3 Å². The molecule has 4 nitrogen and oxygen atoms in total. The summed E-state index contributed by atoms with van der Waals surface area (Å²) in [6, 6.07) is 5.70. The molecule has 1 aromatic rings. The highest BCUT2D eigenvalue weighted by Crippen LogP contribution is 2.11. The monoisotopic (exact) mass is 216 g/mol. The highest BCUT2D eigenvalue weighted by molar-refractivity contribution is 5.38. The van der Waals surface area contributed by atoms with Crippen molar-refractivity contribution in [1.29, 1.82) is 5.26 Å². The number of nitriles is 1. The van der Waals surface area contributed by atoms with Gasteiger partial charge in [-0.05, 0) is 44.0 Å². The minimum absolute atomic E-state index is 0.602. The topological polar surface area (TPSA) is 60.7 Å². The van der Waals surface area contributed by atoms with Crippen LogP contribution in [0.1, 0.15) is 18.4 Å². The van der Waals surface area contributed by atoms with Gasteiger partial charge in [-0.25, -0.2) is 4.98 Å². The number of aromatic nitrogens is 1. The molecule has 0 saturated carbocycles. The molecule has 1 atom stereocenters. The lowest BCUT2D eigenvalue weighted by atomic mass is 10.00. The molecular weight excluding hydrogens is 200 g/mol. The smallest absolute Gasteiger partial charge is 0.125 e. The third-order valence-electron chi connectivity index (χ3n) is 2.86. The van der Waals surface area contributed by atoms with Crippen LogP contribution in [-0.2, 0) is 0 Å². The summed E-state index contributed by atoms with van der Waals surface area (Å²) in [5, 5.41) is 15.3. The van der Waals surface area contributed by atoms with Gasteiger partial charge >= 0.3 is 0 Å². The van der Waals surface area contributed by atoms with Crippen molar-refractivity contribution in [3.05, 3.63) is 23.9 Å². The van der Waals surface area contributed by atoms with Gasteiger partial charge in [-0.1, -0.05) is 0 Å². The molecule has 0 radical (unpaired) electrons. The van der Waals surface area contributed by atoms with Crippen molar-refractivity contribution in [2.75, 3.05) is 25.0 Å². The first-order chi connectivity index (χ1) is 7.88. The molecule has 1 aliphatic rings. The van der Waals surface area contributed by atoms with Crippen molar-refractivity contribution in [2.45, 2.75) is 12.8 Å². The van der Waals surface area contributed by atoms with E-state index in [1.807, 2.05) is 6.07 Å². The number of hydrogen-bond acceptors (Lipinski definition) is 4. The predicted octanol–water partition coefficient (Wildman–Crippen LogP) is 1.36. The van der Waals surface area contributed by atoms with Crippen molar-refractivity contribution in [1.82, 2.24) is 10.3 Å². The van der Waals surface area contributed by atoms with Crippen molar-refractivity contribution < 1.29 is 0 Å². The summed E-state index contributed by atoms with van der Waals surface area (Å²) in [6.07, 6.45) is 4.13. The number of nitrogens with zero attached hydrogens (tertiary/aromatic N) is 2. The first-order valence-electron chi connectivity index (χ1n) is 5.69. The maximum atomic E-state index is 8.64. The van der Waals surface area contributed by atoms with Gasteiger partial charge in [-0.2, -0.15) is 5.26 Å². The maximum absolute atomic E-state index is 8.64. The van der Waals surface area contributed by atoms with E-state index in [9.17, 15) is 0 Å².